The fourth-order valence-electron chi connectivity index (χ4n) is 2.10. The molecule has 122 valence electrons. The molecule has 0 aromatic heterocycles. The predicted molar refractivity (Wildman–Crippen MR) is 84.7 cm³/mol. The van der Waals surface area contributed by atoms with E-state index in [4.69, 9.17) is 4.74 Å². The van der Waals surface area contributed by atoms with E-state index in [1.165, 1.54) is 7.11 Å². The summed E-state index contributed by atoms with van der Waals surface area (Å²) in [7, 11) is 3.04. The molecule has 0 fully saturated rings. The zero-order valence-corrected chi connectivity index (χ0v) is 14.0. The summed E-state index contributed by atoms with van der Waals surface area (Å²) in [5.74, 6) is 0.0601. The van der Waals surface area contributed by atoms with Crippen LogP contribution in [-0.4, -0.2) is 43.6 Å². The molecule has 0 N–H and O–H groups in total. The number of rotatable bonds is 7. The number of hydrogen-bond donors (Lipinski definition) is 0. The molecule has 1 unspecified atom stereocenters. The number of ether oxygens (including phenoxy) is 2. The third-order valence-corrected chi connectivity index (χ3v) is 3.20. The van der Waals surface area contributed by atoms with Crippen LogP contribution in [0.3, 0.4) is 0 Å². The monoisotopic (exact) mass is 307 g/mol. The molecule has 1 aromatic rings. The number of carbonyl (C=O) groups is 2. The number of likely N-dealkylation sites (N-methyl/N-ethyl adjacent to an activating group) is 1. The zero-order valence-electron chi connectivity index (χ0n) is 14.0. The Morgan fingerprint density at radius 3 is 2.50 bits per heavy atom. The molecule has 1 aromatic carbocycles. The highest BCUT2D eigenvalue weighted by atomic mass is 16.5. The van der Waals surface area contributed by atoms with Crippen LogP contribution in [0.4, 0.5) is 0 Å². The van der Waals surface area contributed by atoms with Crippen molar-refractivity contribution < 1.29 is 19.1 Å². The van der Waals surface area contributed by atoms with E-state index in [2.05, 4.69) is 4.74 Å². The van der Waals surface area contributed by atoms with Crippen LogP contribution in [0.2, 0.25) is 0 Å². The standard InChI is InChI=1S/C17H25NO4/c1-12(2)22-15-8-6-7-14(9-15)10-16(19)18(4)11-13(3)17(20)21-5/h6-9,12-13H,10-11H2,1-5H3. The lowest BCUT2D eigenvalue weighted by Gasteiger charge is -2.20. The van der Waals surface area contributed by atoms with Crippen LogP contribution in [0.15, 0.2) is 24.3 Å². The molecule has 0 aliphatic carbocycles. The van der Waals surface area contributed by atoms with Crippen molar-refractivity contribution in [3.63, 3.8) is 0 Å². The molecule has 0 bridgehead atoms. The van der Waals surface area contributed by atoms with Crippen molar-refractivity contribution >= 4 is 11.9 Å². The van der Waals surface area contributed by atoms with Crippen molar-refractivity contribution in [2.24, 2.45) is 5.92 Å². The SMILES string of the molecule is COC(=O)C(C)CN(C)C(=O)Cc1cccc(OC(C)C)c1. The molecule has 1 rings (SSSR count). The maximum absolute atomic E-state index is 12.2. The fraction of sp³-hybridized carbons (Fsp3) is 0.529. The topological polar surface area (TPSA) is 55.8 Å². The summed E-state index contributed by atoms with van der Waals surface area (Å²) in [4.78, 5) is 25.2. The van der Waals surface area contributed by atoms with Gasteiger partial charge in [-0.25, -0.2) is 0 Å². The first-order valence-electron chi connectivity index (χ1n) is 7.40. The van der Waals surface area contributed by atoms with Gasteiger partial charge in [-0.2, -0.15) is 0 Å². The average molecular weight is 307 g/mol. The maximum atomic E-state index is 12.2. The van der Waals surface area contributed by atoms with Gasteiger partial charge in [-0.05, 0) is 31.5 Å². The minimum Gasteiger partial charge on any atom is -0.491 e. The molecule has 0 saturated carbocycles. The lowest BCUT2D eigenvalue weighted by molar-refractivity contribution is -0.146. The molecule has 0 heterocycles. The molecule has 1 amide bonds. The number of amides is 1. The molecule has 22 heavy (non-hydrogen) atoms. The zero-order chi connectivity index (χ0) is 16.7. The van der Waals surface area contributed by atoms with Crippen molar-refractivity contribution in [2.75, 3.05) is 20.7 Å². The highest BCUT2D eigenvalue weighted by Crippen LogP contribution is 2.16. The Balaban J connectivity index is 2.62. The van der Waals surface area contributed by atoms with Crippen molar-refractivity contribution in [2.45, 2.75) is 33.3 Å². The van der Waals surface area contributed by atoms with Gasteiger partial charge in [0.1, 0.15) is 5.75 Å². The van der Waals surface area contributed by atoms with Crippen molar-refractivity contribution in [1.29, 1.82) is 0 Å². The normalized spacial score (nSPS) is 11.9. The van der Waals surface area contributed by atoms with Crippen LogP contribution >= 0.6 is 0 Å². The maximum Gasteiger partial charge on any atom is 0.310 e. The molecule has 0 aliphatic heterocycles. The van der Waals surface area contributed by atoms with E-state index in [1.807, 2.05) is 38.1 Å². The first-order chi connectivity index (χ1) is 10.3. The summed E-state index contributed by atoms with van der Waals surface area (Å²) >= 11 is 0. The van der Waals surface area contributed by atoms with Gasteiger partial charge in [0.15, 0.2) is 0 Å². The summed E-state index contributed by atoms with van der Waals surface area (Å²) < 4.78 is 10.3. The van der Waals surface area contributed by atoms with E-state index in [0.717, 1.165) is 11.3 Å². The first-order valence-corrected chi connectivity index (χ1v) is 7.40. The highest BCUT2D eigenvalue weighted by Gasteiger charge is 2.18. The molecule has 0 spiro atoms. The lowest BCUT2D eigenvalue weighted by Crippen LogP contribution is -2.35. The Bertz CT molecular complexity index is 513. The molecule has 5 heteroatoms. The Kier molecular flexibility index (Phi) is 6.89. The minimum absolute atomic E-state index is 0.0440. The third-order valence-electron chi connectivity index (χ3n) is 3.20. The Morgan fingerprint density at radius 2 is 1.91 bits per heavy atom. The number of benzene rings is 1. The summed E-state index contributed by atoms with van der Waals surface area (Å²) in [5, 5.41) is 0. The summed E-state index contributed by atoms with van der Waals surface area (Å²) in [6, 6.07) is 7.51. The van der Waals surface area contributed by atoms with E-state index in [9.17, 15) is 9.59 Å². The van der Waals surface area contributed by atoms with E-state index < -0.39 is 0 Å². The largest absolute Gasteiger partial charge is 0.491 e. The Labute approximate surface area is 132 Å². The second kappa shape index (κ2) is 8.41. The van der Waals surface area contributed by atoms with E-state index in [1.54, 1.807) is 18.9 Å². The number of hydrogen-bond acceptors (Lipinski definition) is 4. The van der Waals surface area contributed by atoms with Gasteiger partial charge >= 0.3 is 5.97 Å². The van der Waals surface area contributed by atoms with Gasteiger partial charge in [0.05, 0.1) is 25.6 Å². The van der Waals surface area contributed by atoms with Crippen molar-refractivity contribution in [1.82, 2.24) is 4.90 Å². The van der Waals surface area contributed by atoms with E-state index in [0.29, 0.717) is 6.54 Å². The van der Waals surface area contributed by atoms with Crippen LogP contribution in [0.25, 0.3) is 0 Å². The average Bonchev–Trinajstić information content (AvgIpc) is 2.45. The van der Waals surface area contributed by atoms with Crippen LogP contribution in [-0.2, 0) is 20.7 Å². The van der Waals surface area contributed by atoms with Crippen LogP contribution in [0.1, 0.15) is 26.3 Å². The molecular formula is C17H25NO4. The van der Waals surface area contributed by atoms with Crippen molar-refractivity contribution in [3.8, 4) is 5.75 Å². The molecular weight excluding hydrogens is 282 g/mol. The Morgan fingerprint density at radius 1 is 1.23 bits per heavy atom. The second-order valence-corrected chi connectivity index (χ2v) is 5.69. The van der Waals surface area contributed by atoms with Gasteiger partial charge in [-0.3, -0.25) is 9.59 Å². The van der Waals surface area contributed by atoms with Crippen molar-refractivity contribution in [3.05, 3.63) is 29.8 Å². The summed E-state index contributed by atoms with van der Waals surface area (Å²) in [6.45, 7) is 6.00. The molecule has 0 aliphatic rings. The first kappa shape index (κ1) is 18.0. The van der Waals surface area contributed by atoms with Crippen LogP contribution < -0.4 is 4.74 Å². The van der Waals surface area contributed by atoms with Gasteiger partial charge < -0.3 is 14.4 Å². The third kappa shape index (κ3) is 5.76. The second-order valence-electron chi connectivity index (χ2n) is 5.69. The fourth-order valence-corrected chi connectivity index (χ4v) is 2.10. The summed E-state index contributed by atoms with van der Waals surface area (Å²) in [6.07, 6.45) is 0.370. The number of esters is 1. The predicted octanol–water partition coefficient (Wildman–Crippen LogP) is 2.28. The smallest absolute Gasteiger partial charge is 0.310 e. The Hall–Kier alpha value is -2.04. The van der Waals surface area contributed by atoms with Gasteiger partial charge in [0, 0.05) is 13.6 Å². The number of nitrogens with zero attached hydrogens (tertiary/aromatic N) is 1. The van der Waals surface area contributed by atoms with Gasteiger partial charge in [0.2, 0.25) is 5.91 Å². The number of methoxy groups -OCH3 is 1. The lowest BCUT2D eigenvalue weighted by atomic mass is 10.1. The van der Waals surface area contributed by atoms with E-state index in [-0.39, 0.29) is 30.3 Å². The highest BCUT2D eigenvalue weighted by molar-refractivity contribution is 5.79. The molecule has 0 radical (unpaired) electrons. The minimum atomic E-state index is -0.338. The number of carbonyl (C=O) groups excluding carboxylic acids is 2. The van der Waals surface area contributed by atoms with Crippen LogP contribution in [0, 0.1) is 5.92 Å². The van der Waals surface area contributed by atoms with Crippen LogP contribution in [0.5, 0.6) is 5.75 Å². The van der Waals surface area contributed by atoms with Gasteiger partial charge in [0.25, 0.3) is 0 Å². The summed E-state index contributed by atoms with van der Waals surface area (Å²) in [5.41, 5.74) is 0.890. The molecule has 5 nitrogen and oxygen atoms in total. The molecule has 1 atom stereocenters. The van der Waals surface area contributed by atoms with Gasteiger partial charge in [-0.1, -0.05) is 19.1 Å². The van der Waals surface area contributed by atoms with Gasteiger partial charge in [-0.15, -0.1) is 0 Å². The molecule has 0 saturated heterocycles. The quantitative estimate of drug-likeness (QED) is 0.725. The van der Waals surface area contributed by atoms with E-state index >= 15 is 0 Å².